The van der Waals surface area contributed by atoms with Crippen LogP contribution < -0.4 is 5.73 Å². The van der Waals surface area contributed by atoms with Gasteiger partial charge in [0.25, 0.3) is 0 Å². The highest BCUT2D eigenvalue weighted by Crippen LogP contribution is 2.24. The van der Waals surface area contributed by atoms with Crippen molar-refractivity contribution in [2.45, 2.75) is 12.6 Å². The molecule has 2 aromatic rings. The summed E-state index contributed by atoms with van der Waals surface area (Å²) >= 11 is 3.40. The Hall–Kier alpha value is -1.85. The van der Waals surface area contributed by atoms with Gasteiger partial charge in [-0.05, 0) is 42.4 Å². The van der Waals surface area contributed by atoms with Crippen LogP contribution in [0.15, 0.2) is 53.0 Å². The van der Waals surface area contributed by atoms with Crippen molar-refractivity contribution >= 4 is 21.8 Å². The zero-order valence-electron chi connectivity index (χ0n) is 11.7. The minimum absolute atomic E-state index is 0.207. The van der Waals surface area contributed by atoms with Crippen LogP contribution in [-0.4, -0.2) is 23.0 Å². The molecule has 1 amide bonds. The molecule has 0 spiro atoms. The third kappa shape index (κ3) is 4.06. The number of nitrogens with zero attached hydrogens (tertiary/aromatic N) is 1. The molecular formula is C16H17BrN2O2. The molecule has 0 radical (unpaired) electrons. The second kappa shape index (κ2) is 6.74. The molecule has 0 aliphatic carbocycles. The Kier molecular flexibility index (Phi) is 4.98. The number of carbonyl (C=O) groups is 1. The number of halogens is 1. The summed E-state index contributed by atoms with van der Waals surface area (Å²) in [6.07, 6.45) is 0. The molecule has 5 heteroatoms. The number of phenols is 1. The smallest absolute Gasteiger partial charge is 0.239 e. The van der Waals surface area contributed by atoms with Crippen LogP contribution >= 0.6 is 15.9 Å². The summed E-state index contributed by atoms with van der Waals surface area (Å²) in [5.41, 5.74) is 7.31. The Morgan fingerprint density at radius 2 is 2.00 bits per heavy atom. The minimum Gasteiger partial charge on any atom is -0.508 e. The largest absolute Gasteiger partial charge is 0.508 e. The lowest BCUT2D eigenvalue weighted by Crippen LogP contribution is -2.35. The molecule has 0 saturated heterocycles. The fraction of sp³-hybridized carbons (Fsp3) is 0.188. The van der Waals surface area contributed by atoms with Crippen molar-refractivity contribution in [3.8, 4) is 5.75 Å². The predicted octanol–water partition coefficient (Wildman–Crippen LogP) is 2.81. The first-order valence-electron chi connectivity index (χ1n) is 6.50. The van der Waals surface area contributed by atoms with Crippen molar-refractivity contribution in [2.75, 3.05) is 7.05 Å². The number of rotatable bonds is 5. The summed E-state index contributed by atoms with van der Waals surface area (Å²) in [6.45, 7) is 0.508. The molecule has 0 heterocycles. The van der Waals surface area contributed by atoms with Crippen molar-refractivity contribution in [3.63, 3.8) is 0 Å². The van der Waals surface area contributed by atoms with Gasteiger partial charge in [-0.15, -0.1) is 0 Å². The maximum atomic E-state index is 11.8. The van der Waals surface area contributed by atoms with E-state index < -0.39 is 11.9 Å². The Balaban J connectivity index is 2.24. The van der Waals surface area contributed by atoms with E-state index in [1.807, 2.05) is 42.3 Å². The van der Waals surface area contributed by atoms with E-state index in [9.17, 15) is 9.90 Å². The number of hydrogen-bond donors (Lipinski definition) is 2. The lowest BCUT2D eigenvalue weighted by molar-refractivity contribution is -0.123. The first kappa shape index (κ1) is 15.5. The summed E-state index contributed by atoms with van der Waals surface area (Å²) < 4.78 is 0.900. The number of hydrogen-bond acceptors (Lipinski definition) is 3. The third-order valence-corrected chi connectivity index (χ3v) is 3.71. The first-order valence-corrected chi connectivity index (χ1v) is 7.29. The summed E-state index contributed by atoms with van der Waals surface area (Å²) in [5.74, 6) is -0.199. The quantitative estimate of drug-likeness (QED) is 0.872. The Bertz CT molecular complexity index is 646. The molecule has 2 rings (SSSR count). The second-order valence-electron chi connectivity index (χ2n) is 4.94. The van der Waals surface area contributed by atoms with Gasteiger partial charge in [0, 0.05) is 11.0 Å². The van der Waals surface area contributed by atoms with E-state index in [2.05, 4.69) is 15.9 Å². The average molecular weight is 349 g/mol. The number of nitrogens with two attached hydrogens (primary N) is 1. The van der Waals surface area contributed by atoms with E-state index in [1.165, 1.54) is 0 Å². The number of carbonyl (C=O) groups excluding carboxylic acids is 1. The number of likely N-dealkylation sites (N-methyl/N-ethyl adjacent to an activating group) is 1. The van der Waals surface area contributed by atoms with Crippen LogP contribution in [-0.2, 0) is 11.3 Å². The van der Waals surface area contributed by atoms with Crippen molar-refractivity contribution < 1.29 is 9.90 Å². The maximum Gasteiger partial charge on any atom is 0.239 e. The molecule has 0 aliphatic heterocycles. The van der Waals surface area contributed by atoms with Gasteiger partial charge in [-0.3, -0.25) is 9.69 Å². The first-order chi connectivity index (χ1) is 9.97. The molecule has 0 fully saturated rings. The number of primary amides is 1. The molecule has 4 nitrogen and oxygen atoms in total. The van der Waals surface area contributed by atoms with Gasteiger partial charge in [0.1, 0.15) is 11.8 Å². The van der Waals surface area contributed by atoms with Gasteiger partial charge < -0.3 is 10.8 Å². The molecule has 2 aromatic carbocycles. The van der Waals surface area contributed by atoms with Gasteiger partial charge in [-0.25, -0.2) is 0 Å². The van der Waals surface area contributed by atoms with Crippen molar-refractivity contribution in [3.05, 3.63) is 64.1 Å². The van der Waals surface area contributed by atoms with Crippen LogP contribution in [0, 0.1) is 0 Å². The molecule has 0 aliphatic rings. The number of benzene rings is 2. The predicted molar refractivity (Wildman–Crippen MR) is 85.7 cm³/mol. The normalized spacial score (nSPS) is 12.3. The Morgan fingerprint density at radius 1 is 1.29 bits per heavy atom. The van der Waals surface area contributed by atoms with Gasteiger partial charge in [-0.2, -0.15) is 0 Å². The van der Waals surface area contributed by atoms with Crippen molar-refractivity contribution in [2.24, 2.45) is 5.73 Å². The Labute approximate surface area is 132 Å². The van der Waals surface area contributed by atoms with Gasteiger partial charge in [0.15, 0.2) is 0 Å². The lowest BCUT2D eigenvalue weighted by atomic mass is 10.0. The maximum absolute atomic E-state index is 11.8. The molecule has 110 valence electrons. The molecule has 0 aromatic heterocycles. The number of aromatic hydroxyl groups is 1. The van der Waals surface area contributed by atoms with Crippen LogP contribution in [0.3, 0.4) is 0 Å². The second-order valence-corrected chi connectivity index (χ2v) is 5.86. The van der Waals surface area contributed by atoms with E-state index in [-0.39, 0.29) is 5.75 Å². The van der Waals surface area contributed by atoms with Crippen molar-refractivity contribution in [1.82, 2.24) is 4.90 Å². The summed E-state index contributed by atoms with van der Waals surface area (Å²) in [6, 6.07) is 14.0. The Morgan fingerprint density at radius 3 is 2.62 bits per heavy atom. The number of amides is 1. The van der Waals surface area contributed by atoms with E-state index in [4.69, 9.17) is 5.73 Å². The molecular weight excluding hydrogens is 332 g/mol. The van der Waals surface area contributed by atoms with Gasteiger partial charge >= 0.3 is 0 Å². The van der Waals surface area contributed by atoms with Crippen LogP contribution in [0.5, 0.6) is 5.75 Å². The molecule has 1 atom stereocenters. The topological polar surface area (TPSA) is 66.6 Å². The highest BCUT2D eigenvalue weighted by molar-refractivity contribution is 9.10. The van der Waals surface area contributed by atoms with Gasteiger partial charge in [0.2, 0.25) is 5.91 Å². The molecule has 0 saturated carbocycles. The van der Waals surface area contributed by atoms with E-state index in [0.29, 0.717) is 6.54 Å². The zero-order valence-corrected chi connectivity index (χ0v) is 13.2. The summed E-state index contributed by atoms with van der Waals surface area (Å²) in [5, 5.41) is 9.51. The SMILES string of the molecule is CN(Cc1cccc(O)c1)C(C(N)=O)c1cccc(Br)c1. The fourth-order valence-corrected chi connectivity index (χ4v) is 2.76. The zero-order chi connectivity index (χ0) is 15.4. The number of phenolic OH excluding ortho intramolecular Hbond substituents is 1. The van der Waals surface area contributed by atoms with Gasteiger partial charge in [0.05, 0.1) is 0 Å². The van der Waals surface area contributed by atoms with E-state index in [0.717, 1.165) is 15.6 Å². The standard InChI is InChI=1S/C16H17BrN2O2/c1-19(10-11-4-2-7-14(20)8-11)15(16(18)21)12-5-3-6-13(17)9-12/h2-9,15,20H,10H2,1H3,(H2,18,21). The van der Waals surface area contributed by atoms with Crippen LogP contribution in [0.2, 0.25) is 0 Å². The van der Waals surface area contributed by atoms with Crippen LogP contribution in [0.25, 0.3) is 0 Å². The average Bonchev–Trinajstić information content (AvgIpc) is 2.38. The van der Waals surface area contributed by atoms with Crippen LogP contribution in [0.1, 0.15) is 17.2 Å². The fourth-order valence-electron chi connectivity index (χ4n) is 2.35. The highest BCUT2D eigenvalue weighted by Gasteiger charge is 2.23. The summed E-state index contributed by atoms with van der Waals surface area (Å²) in [7, 11) is 1.83. The lowest BCUT2D eigenvalue weighted by Gasteiger charge is -2.26. The molecule has 1 unspecified atom stereocenters. The van der Waals surface area contributed by atoms with E-state index in [1.54, 1.807) is 18.2 Å². The van der Waals surface area contributed by atoms with Gasteiger partial charge in [-0.1, -0.05) is 40.2 Å². The van der Waals surface area contributed by atoms with Crippen LogP contribution in [0.4, 0.5) is 0 Å². The molecule has 0 bridgehead atoms. The molecule has 21 heavy (non-hydrogen) atoms. The summed E-state index contributed by atoms with van der Waals surface area (Å²) in [4.78, 5) is 13.7. The third-order valence-electron chi connectivity index (χ3n) is 3.22. The minimum atomic E-state index is -0.523. The monoisotopic (exact) mass is 348 g/mol. The van der Waals surface area contributed by atoms with E-state index >= 15 is 0 Å². The highest BCUT2D eigenvalue weighted by atomic mass is 79.9. The van der Waals surface area contributed by atoms with Crippen molar-refractivity contribution in [1.29, 1.82) is 0 Å². The molecule has 3 N–H and O–H groups in total.